The summed E-state index contributed by atoms with van der Waals surface area (Å²) in [6.45, 7) is 4.14. The first kappa shape index (κ1) is 26.7. The number of anilines is 2. The quantitative estimate of drug-likeness (QED) is 0.342. The number of carbonyl (C=O) groups is 2. The third-order valence-electron chi connectivity index (χ3n) is 7.62. The van der Waals surface area contributed by atoms with E-state index in [1.54, 1.807) is 29.2 Å². The molecule has 4 aromatic carbocycles. The summed E-state index contributed by atoms with van der Waals surface area (Å²) in [5, 5.41) is 0. The minimum absolute atomic E-state index is 0.0128. The van der Waals surface area contributed by atoms with E-state index in [-0.39, 0.29) is 39.3 Å². The van der Waals surface area contributed by atoms with Crippen molar-refractivity contribution in [2.45, 2.75) is 23.3 Å². The Morgan fingerprint density at radius 2 is 1.56 bits per heavy atom. The van der Waals surface area contributed by atoms with Crippen LogP contribution in [0.3, 0.4) is 0 Å². The van der Waals surface area contributed by atoms with Crippen LogP contribution in [0.1, 0.15) is 31.8 Å². The summed E-state index contributed by atoms with van der Waals surface area (Å²) in [5.41, 5.74) is 3.34. The highest BCUT2D eigenvalue weighted by Crippen LogP contribution is 2.38. The molecule has 4 aromatic rings. The molecule has 0 bridgehead atoms. The third kappa shape index (κ3) is 4.97. The molecular weight excluding hydrogens is 541 g/mol. The molecule has 0 saturated carbocycles. The van der Waals surface area contributed by atoms with Gasteiger partial charge in [-0.05, 0) is 67.1 Å². The first-order valence-electron chi connectivity index (χ1n) is 13.4. The van der Waals surface area contributed by atoms with E-state index in [0.29, 0.717) is 31.7 Å². The van der Waals surface area contributed by atoms with Crippen molar-refractivity contribution in [3.05, 3.63) is 119 Å². The van der Waals surface area contributed by atoms with E-state index in [1.165, 1.54) is 47.4 Å². The zero-order chi connectivity index (χ0) is 28.7. The normalized spacial score (nSPS) is 16.1. The van der Waals surface area contributed by atoms with Crippen molar-refractivity contribution in [1.29, 1.82) is 0 Å². The lowest BCUT2D eigenvalue weighted by Gasteiger charge is -2.36. The van der Waals surface area contributed by atoms with Gasteiger partial charge >= 0.3 is 0 Å². The van der Waals surface area contributed by atoms with Crippen molar-refractivity contribution in [3.8, 4) is 0 Å². The van der Waals surface area contributed by atoms with Crippen molar-refractivity contribution in [3.63, 3.8) is 0 Å². The number of sulfone groups is 1. The van der Waals surface area contributed by atoms with Gasteiger partial charge < -0.3 is 14.7 Å². The second-order valence-electron chi connectivity index (χ2n) is 10.3. The first-order valence-corrected chi connectivity index (χ1v) is 14.9. The van der Waals surface area contributed by atoms with Crippen LogP contribution in [-0.4, -0.2) is 51.3 Å². The van der Waals surface area contributed by atoms with Crippen LogP contribution in [0.4, 0.5) is 15.8 Å². The number of aryl methyl sites for hydroxylation is 1. The predicted molar refractivity (Wildman–Crippen MR) is 155 cm³/mol. The van der Waals surface area contributed by atoms with Crippen molar-refractivity contribution >= 4 is 33.0 Å². The third-order valence-corrected chi connectivity index (χ3v) is 9.48. The van der Waals surface area contributed by atoms with Crippen molar-refractivity contribution in [2.75, 3.05) is 36.0 Å². The van der Waals surface area contributed by atoms with E-state index in [4.69, 9.17) is 0 Å². The monoisotopic (exact) mass is 569 g/mol. The standard InChI is InChI=1S/C32H28FN3O4S/c1-22-5-4-6-23(19-22)21-36-28-20-24(9-14-30(28)41(39,40)29-8-3-2-7-27(29)32(36)38)31(37)35-17-15-34(16-18-35)26-12-10-25(33)11-13-26/h2-14,19-20H,15-18,21H2,1H3. The van der Waals surface area contributed by atoms with Crippen LogP contribution >= 0.6 is 0 Å². The Labute approximate surface area is 238 Å². The van der Waals surface area contributed by atoms with Crippen molar-refractivity contribution < 1.29 is 22.4 Å². The Morgan fingerprint density at radius 3 is 2.29 bits per heavy atom. The van der Waals surface area contributed by atoms with E-state index in [1.807, 2.05) is 31.2 Å². The topological polar surface area (TPSA) is 78.0 Å². The number of benzene rings is 4. The maximum absolute atomic E-state index is 13.9. The Hall–Kier alpha value is -4.50. The van der Waals surface area contributed by atoms with Crippen LogP contribution in [0.15, 0.2) is 101 Å². The van der Waals surface area contributed by atoms with E-state index in [9.17, 15) is 22.4 Å². The summed E-state index contributed by atoms with van der Waals surface area (Å²) in [5.74, 6) is -0.985. The summed E-state index contributed by atoms with van der Waals surface area (Å²) < 4.78 is 40.9. The fourth-order valence-electron chi connectivity index (χ4n) is 5.49. The molecule has 0 N–H and O–H groups in total. The summed E-state index contributed by atoms with van der Waals surface area (Å²) in [7, 11) is -4.03. The summed E-state index contributed by atoms with van der Waals surface area (Å²) in [6, 6.07) is 24.7. The summed E-state index contributed by atoms with van der Waals surface area (Å²) in [6.07, 6.45) is 0. The SMILES string of the molecule is Cc1cccc(CN2C(=O)c3ccccc3S(=O)(=O)c3ccc(C(=O)N4CCN(c5ccc(F)cc5)CC4)cc32)c1. The van der Waals surface area contributed by atoms with Gasteiger partial charge in [-0.15, -0.1) is 0 Å². The van der Waals surface area contributed by atoms with Crippen LogP contribution < -0.4 is 9.80 Å². The molecule has 2 amide bonds. The largest absolute Gasteiger partial charge is 0.368 e. The minimum Gasteiger partial charge on any atom is -0.368 e. The lowest BCUT2D eigenvalue weighted by molar-refractivity contribution is 0.0746. The molecule has 2 aliphatic heterocycles. The lowest BCUT2D eigenvalue weighted by atomic mass is 10.1. The number of amides is 2. The average Bonchev–Trinajstić information content (AvgIpc) is 3.05. The molecule has 0 spiro atoms. The summed E-state index contributed by atoms with van der Waals surface area (Å²) >= 11 is 0. The molecule has 41 heavy (non-hydrogen) atoms. The highest BCUT2D eigenvalue weighted by atomic mass is 32.2. The molecule has 0 radical (unpaired) electrons. The number of fused-ring (bicyclic) bond motifs is 2. The molecule has 0 unspecified atom stereocenters. The Kier molecular flexibility index (Phi) is 6.83. The zero-order valence-corrected chi connectivity index (χ0v) is 23.3. The first-order chi connectivity index (χ1) is 19.7. The molecule has 2 aliphatic rings. The number of hydrogen-bond donors (Lipinski definition) is 0. The summed E-state index contributed by atoms with van der Waals surface area (Å²) in [4.78, 5) is 32.7. The van der Waals surface area contributed by atoms with Gasteiger partial charge in [-0.25, -0.2) is 12.8 Å². The van der Waals surface area contributed by atoms with Gasteiger partial charge in [0.25, 0.3) is 11.8 Å². The van der Waals surface area contributed by atoms with Gasteiger partial charge in [-0.2, -0.15) is 0 Å². The van der Waals surface area contributed by atoms with Gasteiger partial charge in [0, 0.05) is 37.4 Å². The van der Waals surface area contributed by atoms with Gasteiger partial charge in [0.15, 0.2) is 0 Å². The molecule has 0 atom stereocenters. The van der Waals surface area contributed by atoms with Crippen LogP contribution in [0, 0.1) is 12.7 Å². The Balaban J connectivity index is 1.35. The van der Waals surface area contributed by atoms with Gasteiger partial charge in [0.05, 0.1) is 27.6 Å². The molecular formula is C32H28FN3O4S. The van der Waals surface area contributed by atoms with Gasteiger partial charge in [0.2, 0.25) is 9.84 Å². The van der Waals surface area contributed by atoms with Gasteiger partial charge in [-0.3, -0.25) is 9.59 Å². The molecule has 2 heterocycles. The van der Waals surface area contributed by atoms with E-state index in [2.05, 4.69) is 4.90 Å². The van der Waals surface area contributed by atoms with E-state index >= 15 is 0 Å². The fourth-order valence-corrected chi connectivity index (χ4v) is 7.12. The molecule has 0 aromatic heterocycles. The maximum atomic E-state index is 13.9. The number of piperazine rings is 1. The van der Waals surface area contributed by atoms with Crippen LogP contribution in [0.5, 0.6) is 0 Å². The van der Waals surface area contributed by atoms with E-state index in [0.717, 1.165) is 16.8 Å². The lowest BCUT2D eigenvalue weighted by Crippen LogP contribution is -2.48. The molecule has 9 heteroatoms. The van der Waals surface area contributed by atoms with Gasteiger partial charge in [-0.1, -0.05) is 42.0 Å². The Morgan fingerprint density at radius 1 is 0.829 bits per heavy atom. The highest BCUT2D eigenvalue weighted by Gasteiger charge is 2.36. The highest BCUT2D eigenvalue weighted by molar-refractivity contribution is 7.91. The number of nitrogens with zero attached hydrogens (tertiary/aromatic N) is 3. The molecule has 208 valence electrons. The molecule has 7 nitrogen and oxygen atoms in total. The van der Waals surface area contributed by atoms with Crippen LogP contribution in [0.25, 0.3) is 0 Å². The molecule has 0 aliphatic carbocycles. The van der Waals surface area contributed by atoms with Crippen LogP contribution in [0.2, 0.25) is 0 Å². The maximum Gasteiger partial charge on any atom is 0.259 e. The number of rotatable bonds is 4. The average molecular weight is 570 g/mol. The fraction of sp³-hybridized carbons (Fsp3) is 0.188. The predicted octanol–water partition coefficient (Wildman–Crippen LogP) is 5.09. The molecule has 1 fully saturated rings. The van der Waals surface area contributed by atoms with Crippen LogP contribution in [-0.2, 0) is 16.4 Å². The number of hydrogen-bond acceptors (Lipinski definition) is 5. The van der Waals surface area contributed by atoms with Gasteiger partial charge in [0.1, 0.15) is 5.82 Å². The second-order valence-corrected chi connectivity index (χ2v) is 12.2. The van der Waals surface area contributed by atoms with Crippen molar-refractivity contribution in [2.24, 2.45) is 0 Å². The number of carbonyl (C=O) groups excluding carboxylic acids is 2. The smallest absolute Gasteiger partial charge is 0.259 e. The molecule has 6 rings (SSSR count). The minimum atomic E-state index is -4.03. The van der Waals surface area contributed by atoms with Crippen molar-refractivity contribution in [1.82, 2.24) is 4.90 Å². The van der Waals surface area contributed by atoms with E-state index < -0.39 is 15.7 Å². The Bertz CT molecular complexity index is 1760. The zero-order valence-electron chi connectivity index (χ0n) is 22.5. The second kappa shape index (κ2) is 10.5. The number of halogens is 1. The molecule has 1 saturated heterocycles.